The average molecular weight is 251 g/mol. The maximum absolute atomic E-state index is 11.4. The predicted octanol–water partition coefficient (Wildman–Crippen LogP) is 2.04. The second-order valence-electron chi connectivity index (χ2n) is 4.24. The molecule has 2 N–H and O–H groups in total. The van der Waals surface area contributed by atoms with E-state index >= 15 is 0 Å². The van der Waals surface area contributed by atoms with E-state index in [1.165, 1.54) is 0 Å². The topological polar surface area (TPSA) is 58.6 Å². The Bertz CT molecular complexity index is 360. The van der Waals surface area contributed by atoms with Gasteiger partial charge in [0.05, 0.1) is 6.10 Å². The molecule has 0 spiro atoms. The van der Waals surface area contributed by atoms with E-state index in [1.54, 1.807) is 31.2 Å². The molecule has 1 aromatic carbocycles. The fourth-order valence-corrected chi connectivity index (χ4v) is 1.45. The Kier molecular flexibility index (Phi) is 6.22. The molecule has 1 atom stereocenters. The van der Waals surface area contributed by atoms with Crippen LogP contribution in [0.2, 0.25) is 0 Å². The minimum atomic E-state index is -0.489. The van der Waals surface area contributed by atoms with E-state index in [9.17, 15) is 9.90 Å². The van der Waals surface area contributed by atoms with Crippen LogP contribution in [0.5, 0.6) is 5.75 Å². The molecule has 0 aliphatic heterocycles. The number of benzene rings is 1. The molecule has 18 heavy (non-hydrogen) atoms. The lowest BCUT2D eigenvalue weighted by Crippen LogP contribution is -2.29. The number of carbonyl (C=O) groups excluding carboxylic acids is 1. The van der Waals surface area contributed by atoms with Crippen molar-refractivity contribution in [3.05, 3.63) is 29.8 Å². The molecule has 0 saturated carbocycles. The quantitative estimate of drug-likeness (QED) is 0.729. The summed E-state index contributed by atoms with van der Waals surface area (Å²) in [5, 5.41) is 12.1. The monoisotopic (exact) mass is 251 g/mol. The molecule has 0 heterocycles. The highest BCUT2D eigenvalue weighted by molar-refractivity contribution is 5.77. The summed E-state index contributed by atoms with van der Waals surface area (Å²) in [4.78, 5) is 11.4. The molecule has 0 aliphatic carbocycles. The molecule has 0 unspecified atom stereocenters. The Morgan fingerprint density at radius 3 is 2.61 bits per heavy atom. The van der Waals surface area contributed by atoms with E-state index in [4.69, 9.17) is 4.74 Å². The summed E-state index contributed by atoms with van der Waals surface area (Å²) in [6.07, 6.45) is 1.55. The third-order valence-corrected chi connectivity index (χ3v) is 2.58. The fraction of sp³-hybridized carbons (Fsp3) is 0.500. The SMILES string of the molecule is CCCCNC(=O)COc1ccc([C@H](C)O)cc1. The molecule has 0 fully saturated rings. The first-order chi connectivity index (χ1) is 8.63. The molecule has 1 amide bonds. The van der Waals surface area contributed by atoms with Crippen LogP contribution in [-0.4, -0.2) is 24.2 Å². The van der Waals surface area contributed by atoms with Crippen LogP contribution in [0, 0.1) is 0 Å². The zero-order valence-electron chi connectivity index (χ0n) is 11.0. The average Bonchev–Trinajstić information content (AvgIpc) is 2.37. The standard InChI is InChI=1S/C14H21NO3/c1-3-4-9-15-14(17)10-18-13-7-5-12(6-8-13)11(2)16/h5-8,11,16H,3-4,9-10H2,1-2H3,(H,15,17)/t11-/m0/s1. The number of nitrogens with one attached hydrogen (secondary N) is 1. The Morgan fingerprint density at radius 1 is 1.39 bits per heavy atom. The van der Waals surface area contributed by atoms with Crippen molar-refractivity contribution in [2.24, 2.45) is 0 Å². The lowest BCUT2D eigenvalue weighted by Gasteiger charge is -2.08. The van der Waals surface area contributed by atoms with Gasteiger partial charge in [0.15, 0.2) is 6.61 Å². The molecular weight excluding hydrogens is 230 g/mol. The Balaban J connectivity index is 2.32. The van der Waals surface area contributed by atoms with Crippen LogP contribution < -0.4 is 10.1 Å². The number of carbonyl (C=O) groups is 1. The first-order valence-corrected chi connectivity index (χ1v) is 6.31. The van der Waals surface area contributed by atoms with Crippen LogP contribution in [-0.2, 0) is 4.79 Å². The van der Waals surface area contributed by atoms with Crippen molar-refractivity contribution in [1.82, 2.24) is 5.32 Å². The second kappa shape index (κ2) is 7.71. The summed E-state index contributed by atoms with van der Waals surface area (Å²) in [6, 6.07) is 7.08. The highest BCUT2D eigenvalue weighted by Crippen LogP contribution is 2.16. The largest absolute Gasteiger partial charge is 0.484 e. The molecule has 4 nitrogen and oxygen atoms in total. The summed E-state index contributed by atoms with van der Waals surface area (Å²) < 4.78 is 5.34. The van der Waals surface area contributed by atoms with E-state index in [-0.39, 0.29) is 12.5 Å². The van der Waals surface area contributed by atoms with Crippen LogP contribution in [0.3, 0.4) is 0 Å². The van der Waals surface area contributed by atoms with E-state index in [2.05, 4.69) is 12.2 Å². The van der Waals surface area contributed by atoms with Crippen molar-refractivity contribution < 1.29 is 14.6 Å². The number of aliphatic hydroxyl groups is 1. The summed E-state index contributed by atoms with van der Waals surface area (Å²) in [6.45, 7) is 4.50. The molecule has 1 aromatic rings. The maximum atomic E-state index is 11.4. The third-order valence-electron chi connectivity index (χ3n) is 2.58. The summed E-state index contributed by atoms with van der Waals surface area (Å²) in [5.41, 5.74) is 0.828. The van der Waals surface area contributed by atoms with Crippen molar-refractivity contribution in [2.75, 3.05) is 13.2 Å². The first-order valence-electron chi connectivity index (χ1n) is 6.31. The van der Waals surface area contributed by atoms with Gasteiger partial charge in [-0.2, -0.15) is 0 Å². The number of hydrogen-bond donors (Lipinski definition) is 2. The predicted molar refractivity (Wildman–Crippen MR) is 70.5 cm³/mol. The number of ether oxygens (including phenoxy) is 1. The normalized spacial score (nSPS) is 11.9. The van der Waals surface area contributed by atoms with E-state index in [0.29, 0.717) is 12.3 Å². The van der Waals surface area contributed by atoms with Crippen molar-refractivity contribution in [3.8, 4) is 5.75 Å². The molecule has 4 heteroatoms. The zero-order valence-corrected chi connectivity index (χ0v) is 11.0. The van der Waals surface area contributed by atoms with Crippen molar-refractivity contribution in [1.29, 1.82) is 0 Å². The first kappa shape index (κ1) is 14.5. The van der Waals surface area contributed by atoms with Crippen molar-refractivity contribution in [3.63, 3.8) is 0 Å². The summed E-state index contributed by atoms with van der Waals surface area (Å²) >= 11 is 0. The molecule has 100 valence electrons. The zero-order chi connectivity index (χ0) is 13.4. The van der Waals surface area contributed by atoms with Gasteiger partial charge in [-0.1, -0.05) is 25.5 Å². The molecule has 1 rings (SSSR count). The Morgan fingerprint density at radius 2 is 2.06 bits per heavy atom. The van der Waals surface area contributed by atoms with Gasteiger partial charge < -0.3 is 15.2 Å². The highest BCUT2D eigenvalue weighted by Gasteiger charge is 2.03. The van der Waals surface area contributed by atoms with Crippen LogP contribution in [0.4, 0.5) is 0 Å². The van der Waals surface area contributed by atoms with Crippen molar-refractivity contribution >= 4 is 5.91 Å². The maximum Gasteiger partial charge on any atom is 0.257 e. The van der Waals surface area contributed by atoms with Gasteiger partial charge in [-0.25, -0.2) is 0 Å². The minimum Gasteiger partial charge on any atom is -0.484 e. The van der Waals surface area contributed by atoms with Gasteiger partial charge in [0, 0.05) is 6.54 Å². The van der Waals surface area contributed by atoms with Gasteiger partial charge in [-0.05, 0) is 31.0 Å². The van der Waals surface area contributed by atoms with Gasteiger partial charge in [0.25, 0.3) is 5.91 Å². The van der Waals surface area contributed by atoms with Crippen LogP contribution >= 0.6 is 0 Å². The summed E-state index contributed by atoms with van der Waals surface area (Å²) in [5.74, 6) is 0.521. The van der Waals surface area contributed by atoms with Crippen LogP contribution in [0.1, 0.15) is 38.4 Å². The third kappa shape index (κ3) is 5.19. The van der Waals surface area contributed by atoms with Crippen molar-refractivity contribution in [2.45, 2.75) is 32.8 Å². The number of aliphatic hydroxyl groups excluding tert-OH is 1. The fourth-order valence-electron chi connectivity index (χ4n) is 1.45. The van der Waals surface area contributed by atoms with E-state index < -0.39 is 6.10 Å². The van der Waals surface area contributed by atoms with Gasteiger partial charge in [0.2, 0.25) is 0 Å². The smallest absolute Gasteiger partial charge is 0.257 e. The van der Waals surface area contributed by atoms with E-state index in [1.807, 2.05) is 0 Å². The van der Waals surface area contributed by atoms with E-state index in [0.717, 1.165) is 18.4 Å². The number of rotatable bonds is 7. The van der Waals surface area contributed by atoms with Gasteiger partial charge in [-0.3, -0.25) is 4.79 Å². The van der Waals surface area contributed by atoms with Crippen LogP contribution in [0.25, 0.3) is 0 Å². The molecular formula is C14H21NO3. The Hall–Kier alpha value is -1.55. The Labute approximate surface area is 108 Å². The summed E-state index contributed by atoms with van der Waals surface area (Å²) in [7, 11) is 0. The number of unbranched alkanes of at least 4 members (excludes halogenated alkanes) is 1. The molecule has 0 aromatic heterocycles. The van der Waals surface area contributed by atoms with Gasteiger partial charge in [0.1, 0.15) is 5.75 Å². The van der Waals surface area contributed by atoms with Gasteiger partial charge in [-0.15, -0.1) is 0 Å². The lowest BCUT2D eigenvalue weighted by atomic mass is 10.1. The highest BCUT2D eigenvalue weighted by atomic mass is 16.5. The molecule has 0 bridgehead atoms. The second-order valence-corrected chi connectivity index (χ2v) is 4.24. The number of amides is 1. The molecule has 0 radical (unpaired) electrons. The van der Waals surface area contributed by atoms with Crippen LogP contribution in [0.15, 0.2) is 24.3 Å². The molecule has 0 aliphatic rings. The molecule has 0 saturated heterocycles. The number of hydrogen-bond acceptors (Lipinski definition) is 3. The minimum absolute atomic E-state index is 0.0255. The lowest BCUT2D eigenvalue weighted by molar-refractivity contribution is -0.123. The van der Waals surface area contributed by atoms with Gasteiger partial charge >= 0.3 is 0 Å².